The van der Waals surface area contributed by atoms with Gasteiger partial charge in [0.25, 0.3) is 0 Å². The molecule has 0 unspecified atom stereocenters. The zero-order valence-corrected chi connectivity index (χ0v) is 6.29. The van der Waals surface area contributed by atoms with E-state index in [0.29, 0.717) is 22.6 Å². The van der Waals surface area contributed by atoms with Gasteiger partial charge in [0, 0.05) is 45.6 Å². The van der Waals surface area contributed by atoms with Gasteiger partial charge in [0.1, 0.15) is 0 Å². The lowest BCUT2D eigenvalue weighted by atomic mass is 11.6. The molecule has 0 aliphatic carbocycles. The molecule has 0 aromatic rings. The lowest BCUT2D eigenvalue weighted by Crippen LogP contribution is -1.87. The SMILES string of the molecule is FC(F)(F)I.[Mg]. The van der Waals surface area contributed by atoms with Crippen molar-refractivity contribution in [2.75, 3.05) is 0 Å². The Morgan fingerprint density at radius 1 is 1.17 bits per heavy atom. The van der Waals surface area contributed by atoms with E-state index in [9.17, 15) is 13.2 Å². The van der Waals surface area contributed by atoms with Crippen LogP contribution in [0.4, 0.5) is 13.2 Å². The number of alkyl halides is 4. The van der Waals surface area contributed by atoms with E-state index in [2.05, 4.69) is 0 Å². The zero-order chi connectivity index (χ0) is 4.50. The van der Waals surface area contributed by atoms with E-state index in [0.717, 1.165) is 0 Å². The van der Waals surface area contributed by atoms with Crippen molar-refractivity contribution >= 4 is 45.6 Å². The monoisotopic (exact) mass is 220 g/mol. The van der Waals surface area contributed by atoms with Gasteiger partial charge in [-0.15, -0.1) is 0 Å². The van der Waals surface area contributed by atoms with E-state index in [1.54, 1.807) is 0 Å². The molecule has 0 aliphatic rings. The highest BCUT2D eigenvalue weighted by Gasteiger charge is 2.19. The highest BCUT2D eigenvalue weighted by molar-refractivity contribution is 14.1. The van der Waals surface area contributed by atoms with Gasteiger partial charge in [-0.25, -0.2) is 0 Å². The van der Waals surface area contributed by atoms with E-state index >= 15 is 0 Å². The summed E-state index contributed by atoms with van der Waals surface area (Å²) >= 11 is 0.378. The van der Waals surface area contributed by atoms with Gasteiger partial charge in [-0.1, -0.05) is 0 Å². The highest BCUT2D eigenvalue weighted by atomic mass is 127. The van der Waals surface area contributed by atoms with Gasteiger partial charge in [-0.05, 0) is 0 Å². The molecule has 0 aromatic heterocycles. The average Bonchev–Trinajstić information content (AvgIpc) is 0.722. The molecule has 0 N–H and O–H groups in total. The van der Waals surface area contributed by atoms with Gasteiger partial charge in [0.05, 0.1) is 0 Å². The van der Waals surface area contributed by atoms with Crippen LogP contribution in [-0.4, -0.2) is 27.2 Å². The van der Waals surface area contributed by atoms with Gasteiger partial charge in [-0.2, -0.15) is 13.2 Å². The van der Waals surface area contributed by atoms with Gasteiger partial charge < -0.3 is 0 Å². The summed E-state index contributed by atoms with van der Waals surface area (Å²) in [5.74, 6) is 0. The fourth-order valence-corrected chi connectivity index (χ4v) is 0. The Hall–Kier alpha value is 1.29. The van der Waals surface area contributed by atoms with Crippen LogP contribution in [0.3, 0.4) is 0 Å². The Labute approximate surface area is 62.8 Å². The molecule has 0 atom stereocenters. The van der Waals surface area contributed by atoms with Crippen molar-refractivity contribution in [3.05, 3.63) is 0 Å². The highest BCUT2D eigenvalue weighted by Crippen LogP contribution is 2.22. The molecule has 0 spiro atoms. The van der Waals surface area contributed by atoms with Crippen molar-refractivity contribution in [1.29, 1.82) is 0 Å². The maximum atomic E-state index is 10.3. The molecule has 0 heterocycles. The third-order valence-electron chi connectivity index (χ3n) is 0. The second-order valence-corrected chi connectivity index (χ2v) is 1.65. The lowest BCUT2D eigenvalue weighted by molar-refractivity contribution is -0.0125. The predicted octanol–water partition coefficient (Wildman–Crippen LogP) is 1.56. The summed E-state index contributed by atoms with van der Waals surface area (Å²) < 4.78 is 27.0. The summed E-state index contributed by atoms with van der Waals surface area (Å²) in [6.07, 6.45) is 0. The zero-order valence-electron chi connectivity index (χ0n) is 2.72. The van der Waals surface area contributed by atoms with E-state index in [4.69, 9.17) is 0 Å². The van der Waals surface area contributed by atoms with E-state index < -0.39 is 4.18 Å². The van der Waals surface area contributed by atoms with Crippen LogP contribution < -0.4 is 0 Å². The first-order chi connectivity index (χ1) is 2.00. The first-order valence-electron chi connectivity index (χ1n) is 0.756. The van der Waals surface area contributed by atoms with Crippen molar-refractivity contribution in [3.8, 4) is 0 Å². The first-order valence-corrected chi connectivity index (χ1v) is 1.83. The molecule has 0 fully saturated rings. The molecule has 5 heteroatoms. The quantitative estimate of drug-likeness (QED) is 0.330. The minimum atomic E-state index is -4.03. The normalized spacial score (nSPS) is 10.0. The molecular weight excluding hydrogens is 220 g/mol. The number of halogens is 4. The Kier molecular flexibility index (Phi) is 5.68. The average molecular weight is 220 g/mol. The molecule has 0 nitrogen and oxygen atoms in total. The number of hydrogen-bond acceptors (Lipinski definition) is 0. The third kappa shape index (κ3) is 58.7. The summed E-state index contributed by atoms with van der Waals surface area (Å²) in [6, 6.07) is 0. The van der Waals surface area contributed by atoms with Gasteiger partial charge in [0.2, 0.25) is 0 Å². The Bertz CT molecular complexity index is 26.3. The summed E-state index contributed by atoms with van der Waals surface area (Å²) in [5, 5.41) is 0. The van der Waals surface area contributed by atoms with Crippen LogP contribution in [0, 0.1) is 0 Å². The summed E-state index contributed by atoms with van der Waals surface area (Å²) in [6.45, 7) is 0. The summed E-state index contributed by atoms with van der Waals surface area (Å²) in [4.78, 5) is 0. The van der Waals surface area contributed by atoms with Crippen LogP contribution in [-0.2, 0) is 0 Å². The molecule has 0 amide bonds. The second-order valence-electron chi connectivity index (χ2n) is 0.429. The van der Waals surface area contributed by atoms with Gasteiger partial charge >= 0.3 is 4.18 Å². The van der Waals surface area contributed by atoms with Gasteiger partial charge in [0.15, 0.2) is 0 Å². The molecule has 2 radical (unpaired) electrons. The summed E-state index contributed by atoms with van der Waals surface area (Å²) in [5.41, 5.74) is 0. The summed E-state index contributed by atoms with van der Waals surface area (Å²) in [7, 11) is 0. The largest absolute Gasteiger partial charge is 0.441 e. The van der Waals surface area contributed by atoms with Crippen LogP contribution >= 0.6 is 22.6 Å². The first kappa shape index (κ1) is 10.3. The van der Waals surface area contributed by atoms with Gasteiger partial charge in [-0.3, -0.25) is 0 Å². The molecule has 0 aromatic carbocycles. The van der Waals surface area contributed by atoms with Crippen molar-refractivity contribution in [2.24, 2.45) is 0 Å². The Morgan fingerprint density at radius 3 is 1.17 bits per heavy atom. The minimum Gasteiger partial charge on any atom is -0.161 e. The standard InChI is InChI=1S/CF3I.Mg/c2-1(3,4)5;. The molecule has 34 valence electrons. The van der Waals surface area contributed by atoms with E-state index in [-0.39, 0.29) is 23.1 Å². The Morgan fingerprint density at radius 2 is 1.17 bits per heavy atom. The van der Waals surface area contributed by atoms with E-state index in [1.165, 1.54) is 0 Å². The van der Waals surface area contributed by atoms with Crippen LogP contribution in [0.2, 0.25) is 0 Å². The molecule has 0 saturated heterocycles. The van der Waals surface area contributed by atoms with E-state index in [1.807, 2.05) is 0 Å². The lowest BCUT2D eigenvalue weighted by Gasteiger charge is -1.85. The molecule has 6 heavy (non-hydrogen) atoms. The fraction of sp³-hybridized carbons (Fsp3) is 1.00. The smallest absolute Gasteiger partial charge is 0.161 e. The van der Waals surface area contributed by atoms with Crippen LogP contribution in [0.1, 0.15) is 0 Å². The second kappa shape index (κ2) is 3.31. The number of hydrogen-bond donors (Lipinski definition) is 0. The molecule has 0 bridgehead atoms. The predicted molar refractivity (Wildman–Crippen MR) is 25.8 cm³/mol. The van der Waals surface area contributed by atoms with Crippen molar-refractivity contribution in [3.63, 3.8) is 0 Å². The topological polar surface area (TPSA) is 0 Å². The Balaban J connectivity index is 0. The molecule has 0 saturated carbocycles. The number of rotatable bonds is 0. The minimum absolute atomic E-state index is 0. The van der Waals surface area contributed by atoms with Crippen molar-refractivity contribution in [1.82, 2.24) is 0 Å². The molecule has 0 aliphatic heterocycles. The van der Waals surface area contributed by atoms with Crippen molar-refractivity contribution in [2.45, 2.75) is 4.18 Å². The maximum absolute atomic E-state index is 10.3. The van der Waals surface area contributed by atoms with Crippen LogP contribution in [0.25, 0.3) is 0 Å². The molecule has 0 rings (SSSR count). The molecular formula is CF3IMg. The maximum Gasteiger partial charge on any atom is 0.441 e. The fourth-order valence-electron chi connectivity index (χ4n) is 0. The van der Waals surface area contributed by atoms with Crippen LogP contribution in [0.5, 0.6) is 0 Å². The third-order valence-corrected chi connectivity index (χ3v) is 0. The van der Waals surface area contributed by atoms with Crippen molar-refractivity contribution < 1.29 is 13.2 Å². The van der Waals surface area contributed by atoms with Crippen LogP contribution in [0.15, 0.2) is 0 Å².